The van der Waals surface area contributed by atoms with E-state index in [1.807, 2.05) is 50.2 Å². The van der Waals surface area contributed by atoms with E-state index in [1.54, 1.807) is 24.5 Å². The lowest BCUT2D eigenvalue weighted by Gasteiger charge is -2.12. The minimum absolute atomic E-state index is 0.242. The van der Waals surface area contributed by atoms with E-state index in [0.29, 0.717) is 23.6 Å². The summed E-state index contributed by atoms with van der Waals surface area (Å²) in [4.78, 5) is 12.6. The zero-order valence-electron chi connectivity index (χ0n) is 17.6. The van der Waals surface area contributed by atoms with Gasteiger partial charge in [0.2, 0.25) is 5.91 Å². The Balaban J connectivity index is 1.72. The molecule has 6 heteroatoms. The van der Waals surface area contributed by atoms with Crippen LogP contribution in [0.3, 0.4) is 0 Å². The van der Waals surface area contributed by atoms with Gasteiger partial charge in [-0.15, -0.1) is 0 Å². The summed E-state index contributed by atoms with van der Waals surface area (Å²) in [6, 6.07) is 17.4. The van der Waals surface area contributed by atoms with Crippen LogP contribution in [-0.2, 0) is 4.79 Å². The molecule has 162 valence electrons. The molecular weight excluding hydrogens is 473 g/mol. The molecule has 4 nitrogen and oxygen atoms in total. The highest BCUT2D eigenvalue weighted by Gasteiger charge is 2.15. The highest BCUT2D eigenvalue weighted by atomic mass is 79.9. The van der Waals surface area contributed by atoms with Gasteiger partial charge in [0.05, 0.1) is 12.9 Å². The summed E-state index contributed by atoms with van der Waals surface area (Å²) in [7, 11) is 0. The smallest absolute Gasteiger partial charge is 0.248 e. The quantitative estimate of drug-likeness (QED) is 0.284. The first-order chi connectivity index (χ1) is 15.4. The van der Waals surface area contributed by atoms with Gasteiger partial charge < -0.3 is 14.5 Å². The number of carbonyl (C=O) groups excluding carboxylic acids is 1. The predicted molar refractivity (Wildman–Crippen MR) is 129 cm³/mol. The van der Waals surface area contributed by atoms with Crippen molar-refractivity contribution in [3.8, 4) is 16.9 Å². The summed E-state index contributed by atoms with van der Waals surface area (Å²) in [5.74, 6) is 0.0919. The number of fused-ring (bicyclic) bond motifs is 1. The summed E-state index contributed by atoms with van der Waals surface area (Å²) in [6.45, 7) is 4.24. The predicted octanol–water partition coefficient (Wildman–Crippen LogP) is 7.44. The van der Waals surface area contributed by atoms with E-state index in [4.69, 9.17) is 9.15 Å². The molecule has 4 rings (SSSR count). The number of ether oxygens (including phenoxy) is 1. The number of nitrogens with one attached hydrogen (secondary N) is 1. The van der Waals surface area contributed by atoms with E-state index in [1.165, 1.54) is 12.1 Å². The van der Waals surface area contributed by atoms with Crippen molar-refractivity contribution < 1.29 is 18.3 Å². The second-order valence-corrected chi connectivity index (χ2v) is 8.18. The van der Waals surface area contributed by atoms with Crippen molar-refractivity contribution in [2.45, 2.75) is 13.8 Å². The molecule has 0 fully saturated rings. The summed E-state index contributed by atoms with van der Waals surface area (Å²) in [5, 5.41) is 3.73. The molecule has 4 aromatic rings. The number of allylic oxidation sites excluding steroid dienone is 1. The SMILES string of the molecule is CCOc1cc2occ(-c3ccc(F)cc3)c2cc1/C(C)=C/C(=O)Nc1cccc(Br)c1. The highest BCUT2D eigenvalue weighted by Crippen LogP contribution is 2.37. The average molecular weight is 494 g/mol. The van der Waals surface area contributed by atoms with Gasteiger partial charge in [-0.1, -0.05) is 34.1 Å². The van der Waals surface area contributed by atoms with Crippen molar-refractivity contribution in [3.63, 3.8) is 0 Å². The Morgan fingerprint density at radius 3 is 2.66 bits per heavy atom. The molecule has 3 aromatic carbocycles. The zero-order chi connectivity index (χ0) is 22.7. The van der Waals surface area contributed by atoms with Crippen LogP contribution >= 0.6 is 15.9 Å². The van der Waals surface area contributed by atoms with E-state index in [-0.39, 0.29) is 11.7 Å². The molecule has 0 spiro atoms. The monoisotopic (exact) mass is 493 g/mol. The number of halogens is 2. The van der Waals surface area contributed by atoms with Crippen molar-refractivity contribution in [2.24, 2.45) is 0 Å². The third-order valence-electron chi connectivity index (χ3n) is 5.00. The Bertz CT molecular complexity index is 1310. The van der Waals surface area contributed by atoms with Crippen LogP contribution in [0, 0.1) is 5.82 Å². The molecule has 0 saturated heterocycles. The molecule has 0 atom stereocenters. The number of anilines is 1. The molecule has 0 bridgehead atoms. The van der Waals surface area contributed by atoms with Crippen molar-refractivity contribution >= 4 is 44.1 Å². The van der Waals surface area contributed by atoms with Crippen LogP contribution in [0.15, 0.2) is 81.9 Å². The molecule has 0 unspecified atom stereocenters. The molecule has 0 aliphatic heterocycles. The van der Waals surface area contributed by atoms with E-state index >= 15 is 0 Å². The maximum Gasteiger partial charge on any atom is 0.248 e. The summed E-state index contributed by atoms with van der Waals surface area (Å²) in [6.07, 6.45) is 3.19. The Morgan fingerprint density at radius 1 is 1.16 bits per heavy atom. The lowest BCUT2D eigenvalue weighted by molar-refractivity contribution is -0.111. The molecule has 1 aromatic heterocycles. The van der Waals surface area contributed by atoms with Crippen LogP contribution in [0.4, 0.5) is 10.1 Å². The van der Waals surface area contributed by atoms with E-state index in [9.17, 15) is 9.18 Å². The molecule has 0 radical (unpaired) electrons. The fraction of sp³-hybridized carbons (Fsp3) is 0.115. The van der Waals surface area contributed by atoms with Gasteiger partial charge in [0, 0.05) is 38.8 Å². The number of benzene rings is 3. The molecule has 0 saturated carbocycles. The van der Waals surface area contributed by atoms with Crippen LogP contribution in [-0.4, -0.2) is 12.5 Å². The summed E-state index contributed by atoms with van der Waals surface area (Å²) >= 11 is 3.40. The molecule has 1 amide bonds. The third-order valence-corrected chi connectivity index (χ3v) is 5.49. The average Bonchev–Trinajstić information content (AvgIpc) is 3.16. The van der Waals surface area contributed by atoms with E-state index in [0.717, 1.165) is 32.1 Å². The number of carbonyl (C=O) groups is 1. The van der Waals surface area contributed by atoms with Gasteiger partial charge in [-0.05, 0) is 61.4 Å². The Labute approximate surface area is 193 Å². The Morgan fingerprint density at radius 2 is 1.94 bits per heavy atom. The van der Waals surface area contributed by atoms with E-state index < -0.39 is 0 Å². The third kappa shape index (κ3) is 4.75. The maximum absolute atomic E-state index is 13.4. The summed E-state index contributed by atoms with van der Waals surface area (Å²) < 4.78 is 25.8. The normalized spacial score (nSPS) is 11.6. The first-order valence-electron chi connectivity index (χ1n) is 10.1. The minimum atomic E-state index is -0.295. The lowest BCUT2D eigenvalue weighted by Crippen LogP contribution is -2.08. The number of amides is 1. The van der Waals surface area contributed by atoms with Crippen molar-refractivity contribution in [1.82, 2.24) is 0 Å². The van der Waals surface area contributed by atoms with Gasteiger partial charge >= 0.3 is 0 Å². The molecule has 32 heavy (non-hydrogen) atoms. The van der Waals surface area contributed by atoms with E-state index in [2.05, 4.69) is 21.2 Å². The Hall–Kier alpha value is -3.38. The van der Waals surface area contributed by atoms with Crippen molar-refractivity contribution in [2.75, 3.05) is 11.9 Å². The van der Waals surface area contributed by atoms with Crippen molar-refractivity contribution in [1.29, 1.82) is 0 Å². The Kier molecular flexibility index (Phi) is 6.42. The number of hydrogen-bond acceptors (Lipinski definition) is 3. The van der Waals surface area contributed by atoms with Crippen molar-refractivity contribution in [3.05, 3.63) is 88.9 Å². The number of rotatable bonds is 6. The van der Waals surface area contributed by atoms with Gasteiger partial charge in [0.1, 0.15) is 17.1 Å². The molecular formula is C26H21BrFNO3. The fourth-order valence-corrected chi connectivity index (χ4v) is 3.91. The largest absolute Gasteiger partial charge is 0.493 e. The van der Waals surface area contributed by atoms with Crippen LogP contribution in [0.2, 0.25) is 0 Å². The molecule has 0 aliphatic rings. The van der Waals surface area contributed by atoms with Gasteiger partial charge in [0.25, 0.3) is 0 Å². The first-order valence-corrected chi connectivity index (χ1v) is 10.9. The number of furan rings is 1. The van der Waals surface area contributed by atoms with Gasteiger partial charge in [-0.2, -0.15) is 0 Å². The lowest BCUT2D eigenvalue weighted by atomic mass is 9.99. The standard InChI is InChI=1S/C26H21BrFNO3/c1-3-31-24-14-25-22(23(15-32-25)17-7-9-19(28)10-8-17)13-21(24)16(2)11-26(30)29-20-6-4-5-18(27)12-20/h4-15H,3H2,1-2H3,(H,29,30)/b16-11+. The van der Waals surface area contributed by atoms with Crippen LogP contribution in [0.25, 0.3) is 27.7 Å². The number of hydrogen-bond donors (Lipinski definition) is 1. The highest BCUT2D eigenvalue weighted by molar-refractivity contribution is 9.10. The molecule has 1 N–H and O–H groups in total. The second kappa shape index (κ2) is 9.40. The fourth-order valence-electron chi connectivity index (χ4n) is 3.51. The van der Waals surface area contributed by atoms with Crippen LogP contribution < -0.4 is 10.1 Å². The van der Waals surface area contributed by atoms with Crippen LogP contribution in [0.1, 0.15) is 19.4 Å². The zero-order valence-corrected chi connectivity index (χ0v) is 19.2. The molecule has 0 aliphatic carbocycles. The maximum atomic E-state index is 13.4. The van der Waals surface area contributed by atoms with Gasteiger partial charge in [0.15, 0.2) is 0 Å². The van der Waals surface area contributed by atoms with Crippen LogP contribution in [0.5, 0.6) is 5.75 Å². The summed E-state index contributed by atoms with van der Waals surface area (Å²) in [5.41, 5.74) is 4.57. The van der Waals surface area contributed by atoms with Gasteiger partial charge in [-0.25, -0.2) is 4.39 Å². The topological polar surface area (TPSA) is 51.5 Å². The first kappa shape index (κ1) is 21.8. The van der Waals surface area contributed by atoms with Gasteiger partial charge in [-0.3, -0.25) is 4.79 Å². The second-order valence-electron chi connectivity index (χ2n) is 7.26. The minimum Gasteiger partial charge on any atom is -0.493 e. The molecule has 1 heterocycles.